The molecular formula is C29H36N10O4. The van der Waals surface area contributed by atoms with Gasteiger partial charge in [0.1, 0.15) is 24.2 Å². The van der Waals surface area contributed by atoms with Crippen LogP contribution in [0.5, 0.6) is 5.75 Å². The number of fused-ring (bicyclic) bond motifs is 1. The maximum atomic E-state index is 12.9. The first-order valence-corrected chi connectivity index (χ1v) is 14.5. The summed E-state index contributed by atoms with van der Waals surface area (Å²) in [6, 6.07) is 11.9. The van der Waals surface area contributed by atoms with E-state index in [-0.39, 0.29) is 36.8 Å². The zero-order chi connectivity index (χ0) is 30.1. The molecule has 2 saturated heterocycles. The summed E-state index contributed by atoms with van der Waals surface area (Å²) in [5, 5.41) is 29.9. The molecule has 43 heavy (non-hydrogen) atoms. The van der Waals surface area contributed by atoms with Gasteiger partial charge < -0.3 is 25.0 Å². The molecule has 6 rings (SSSR count). The third-order valence-corrected chi connectivity index (χ3v) is 8.39. The number of aliphatic hydroxyl groups is 1. The van der Waals surface area contributed by atoms with E-state index in [1.807, 2.05) is 31.2 Å². The minimum absolute atomic E-state index is 0.0582. The van der Waals surface area contributed by atoms with Gasteiger partial charge in [-0.1, -0.05) is 37.3 Å². The number of pyridine rings is 1. The summed E-state index contributed by atoms with van der Waals surface area (Å²) in [5.74, 6) is 1.64. The van der Waals surface area contributed by atoms with Crippen molar-refractivity contribution in [2.24, 2.45) is 0 Å². The number of carbonyl (C=O) groups excluding carboxylic acids is 2. The van der Waals surface area contributed by atoms with Crippen molar-refractivity contribution in [3.63, 3.8) is 0 Å². The van der Waals surface area contributed by atoms with Crippen molar-refractivity contribution in [1.82, 2.24) is 49.9 Å². The lowest BCUT2D eigenvalue weighted by Crippen LogP contribution is -2.54. The molecule has 2 aliphatic heterocycles. The van der Waals surface area contributed by atoms with Crippen LogP contribution in [-0.4, -0.2) is 100.0 Å². The third-order valence-electron chi connectivity index (χ3n) is 8.39. The number of hydrogen-bond donors (Lipinski definition) is 2. The Morgan fingerprint density at radius 2 is 1.95 bits per heavy atom. The number of urea groups is 1. The van der Waals surface area contributed by atoms with E-state index < -0.39 is 11.6 Å². The molecule has 1 unspecified atom stereocenters. The zero-order valence-electron chi connectivity index (χ0n) is 24.5. The number of nitrogens with one attached hydrogen (secondary N) is 1. The van der Waals surface area contributed by atoms with Gasteiger partial charge in [0.25, 0.3) is 0 Å². The van der Waals surface area contributed by atoms with Crippen LogP contribution in [0, 0.1) is 13.8 Å². The molecule has 4 aromatic rings. The number of β-amino-alcohol motifs (C(OH)–C–C–N with tert-alkyl or cyclic N) is 1. The molecule has 3 aromatic heterocycles. The summed E-state index contributed by atoms with van der Waals surface area (Å²) in [5.41, 5.74) is 2.23. The van der Waals surface area contributed by atoms with E-state index in [4.69, 9.17) is 4.74 Å². The first-order chi connectivity index (χ1) is 20.7. The van der Waals surface area contributed by atoms with Gasteiger partial charge in [-0.25, -0.2) is 19.0 Å². The molecule has 5 heterocycles. The van der Waals surface area contributed by atoms with Gasteiger partial charge in [0.2, 0.25) is 5.91 Å². The van der Waals surface area contributed by atoms with Gasteiger partial charge in [0, 0.05) is 25.6 Å². The average Bonchev–Trinajstić information content (AvgIpc) is 3.70. The zero-order valence-corrected chi connectivity index (χ0v) is 24.5. The van der Waals surface area contributed by atoms with Crippen LogP contribution in [0.4, 0.5) is 4.79 Å². The molecular weight excluding hydrogens is 552 g/mol. The second-order valence-corrected chi connectivity index (χ2v) is 11.6. The normalized spacial score (nSPS) is 17.8. The summed E-state index contributed by atoms with van der Waals surface area (Å²) in [6.45, 7) is 7.90. The Bertz CT molecular complexity index is 1610. The smallest absolute Gasteiger partial charge is 0.318 e. The minimum atomic E-state index is -1.07. The molecule has 3 amide bonds. The highest BCUT2D eigenvalue weighted by Crippen LogP contribution is 2.30. The van der Waals surface area contributed by atoms with Crippen LogP contribution in [-0.2, 0) is 11.3 Å². The van der Waals surface area contributed by atoms with E-state index in [2.05, 4.69) is 50.0 Å². The Morgan fingerprint density at radius 1 is 1.19 bits per heavy atom. The van der Waals surface area contributed by atoms with E-state index in [0.29, 0.717) is 56.3 Å². The Labute approximate surface area is 248 Å². The van der Waals surface area contributed by atoms with Gasteiger partial charge in [0.05, 0.1) is 24.9 Å². The topological polar surface area (TPSA) is 156 Å². The monoisotopic (exact) mass is 588 g/mol. The van der Waals surface area contributed by atoms with Gasteiger partial charge in [-0.3, -0.25) is 4.79 Å². The fourth-order valence-electron chi connectivity index (χ4n) is 5.76. The highest BCUT2D eigenvalue weighted by molar-refractivity contribution is 5.79. The summed E-state index contributed by atoms with van der Waals surface area (Å²) in [7, 11) is 0. The molecule has 0 radical (unpaired) electrons. The number of aryl methyl sites for hydroxylation is 2. The predicted octanol–water partition coefficient (Wildman–Crippen LogP) is 1.64. The average molecular weight is 589 g/mol. The van der Waals surface area contributed by atoms with Crippen LogP contribution in [0.15, 0.2) is 42.6 Å². The van der Waals surface area contributed by atoms with Crippen LogP contribution in [0.3, 0.4) is 0 Å². The number of aromatic nitrogens is 7. The van der Waals surface area contributed by atoms with Crippen molar-refractivity contribution in [1.29, 1.82) is 0 Å². The summed E-state index contributed by atoms with van der Waals surface area (Å²) in [6.07, 6.45) is 1.92. The fourth-order valence-corrected chi connectivity index (χ4v) is 5.76. The predicted molar refractivity (Wildman–Crippen MR) is 154 cm³/mol. The summed E-state index contributed by atoms with van der Waals surface area (Å²) in [4.78, 5) is 33.6. The second-order valence-electron chi connectivity index (χ2n) is 11.6. The van der Waals surface area contributed by atoms with Gasteiger partial charge in [-0.2, -0.15) is 0 Å². The number of amides is 3. The van der Waals surface area contributed by atoms with Crippen LogP contribution in [0.2, 0.25) is 0 Å². The number of ether oxygens (including phenoxy) is 1. The molecule has 14 nitrogen and oxygen atoms in total. The van der Waals surface area contributed by atoms with Crippen molar-refractivity contribution in [3.8, 4) is 5.75 Å². The molecule has 0 bridgehead atoms. The number of aliphatic hydroxyl groups excluding tert-OH is 1. The van der Waals surface area contributed by atoms with E-state index in [0.717, 1.165) is 5.56 Å². The largest absolute Gasteiger partial charge is 0.491 e. The summed E-state index contributed by atoms with van der Waals surface area (Å²) >= 11 is 0. The first-order valence-electron chi connectivity index (χ1n) is 14.5. The first kappa shape index (κ1) is 28.5. The van der Waals surface area contributed by atoms with Crippen molar-refractivity contribution in [2.75, 3.05) is 32.8 Å². The molecule has 14 heteroatoms. The maximum absolute atomic E-state index is 12.9. The van der Waals surface area contributed by atoms with Crippen LogP contribution < -0.4 is 10.1 Å². The molecule has 1 aromatic carbocycles. The number of carbonyl (C=O) groups is 2. The van der Waals surface area contributed by atoms with Crippen molar-refractivity contribution in [2.45, 2.75) is 57.7 Å². The van der Waals surface area contributed by atoms with Crippen LogP contribution >= 0.6 is 0 Å². The lowest BCUT2D eigenvalue weighted by molar-refractivity contribution is -0.133. The Kier molecular flexibility index (Phi) is 7.69. The van der Waals surface area contributed by atoms with Crippen molar-refractivity contribution < 1.29 is 19.4 Å². The van der Waals surface area contributed by atoms with Gasteiger partial charge in [-0.05, 0) is 54.3 Å². The number of benzene rings is 1. The van der Waals surface area contributed by atoms with E-state index in [9.17, 15) is 14.7 Å². The number of likely N-dealkylation sites (tertiary alicyclic amines) is 1. The van der Waals surface area contributed by atoms with Crippen molar-refractivity contribution in [3.05, 3.63) is 65.4 Å². The highest BCUT2D eigenvalue weighted by atomic mass is 16.5. The van der Waals surface area contributed by atoms with E-state index in [1.54, 1.807) is 27.4 Å². The quantitative estimate of drug-likeness (QED) is 0.297. The molecule has 2 fully saturated rings. The van der Waals surface area contributed by atoms with Crippen LogP contribution in [0.25, 0.3) is 5.65 Å². The molecule has 2 aliphatic rings. The number of rotatable bonds is 9. The maximum Gasteiger partial charge on any atom is 0.318 e. The molecule has 226 valence electrons. The highest BCUT2D eigenvalue weighted by Gasteiger charge is 2.45. The Hall–Kier alpha value is -4.59. The minimum Gasteiger partial charge on any atom is -0.491 e. The Morgan fingerprint density at radius 3 is 2.67 bits per heavy atom. The van der Waals surface area contributed by atoms with Crippen molar-refractivity contribution >= 4 is 17.6 Å². The molecule has 0 aliphatic carbocycles. The van der Waals surface area contributed by atoms with Gasteiger partial charge >= 0.3 is 6.03 Å². The Balaban J connectivity index is 1.05. The number of piperidine rings is 1. The third kappa shape index (κ3) is 6.00. The lowest BCUT2D eigenvalue weighted by atomic mass is 9.88. The van der Waals surface area contributed by atoms with Gasteiger partial charge in [0.15, 0.2) is 11.5 Å². The fraction of sp³-hybridized carbons (Fsp3) is 0.483. The van der Waals surface area contributed by atoms with Crippen LogP contribution in [0.1, 0.15) is 54.6 Å². The number of hydrogen-bond acceptors (Lipinski definition) is 9. The van der Waals surface area contributed by atoms with Gasteiger partial charge in [-0.15, -0.1) is 10.2 Å². The molecule has 2 N–H and O–H groups in total. The standard InChI is InChI=1S/C29H36N10O4/c1-19-13-23(43-17-20(2)22-7-5-4-6-8-22)14-39-27(19)30-26(33-39)24(40)15-37-18-29(31-28(37)42)9-11-36(12-10-29)25(41)16-38-21(3)32-34-35-38/h4-8,13-14,20,24,40H,9-12,15-18H2,1-3H3,(H,31,42)/t20-,24?/m0/s1. The SMILES string of the molecule is Cc1cc(OC[C@H](C)c2ccccc2)cn2nc(C(O)CN3CC4(CCN(C(=O)Cn5nnnc5C)CC4)NC3=O)nc12. The number of tetrazole rings is 1. The molecule has 0 saturated carbocycles. The second kappa shape index (κ2) is 11.6. The van der Waals surface area contributed by atoms with E-state index >= 15 is 0 Å². The van der Waals surface area contributed by atoms with E-state index in [1.165, 1.54) is 10.2 Å². The molecule has 2 atom stereocenters. The lowest BCUT2D eigenvalue weighted by Gasteiger charge is -2.38. The number of nitrogens with zero attached hydrogens (tertiary/aromatic N) is 9. The summed E-state index contributed by atoms with van der Waals surface area (Å²) < 4.78 is 9.16. The molecule has 1 spiro atoms.